The van der Waals surface area contributed by atoms with Gasteiger partial charge in [0.05, 0.1) is 16.9 Å². The molecule has 2 aliphatic rings. The van der Waals surface area contributed by atoms with Crippen LogP contribution in [0.4, 0.5) is 0 Å². The van der Waals surface area contributed by atoms with E-state index in [0.29, 0.717) is 10.9 Å². The minimum absolute atomic E-state index is 0.489. The largest absolute Gasteiger partial charge is 0.272 e. The highest BCUT2D eigenvalue weighted by Crippen LogP contribution is 2.38. The summed E-state index contributed by atoms with van der Waals surface area (Å²) in [4.78, 5) is 9.40. The molecule has 0 saturated heterocycles. The van der Waals surface area contributed by atoms with Crippen molar-refractivity contribution in [2.75, 3.05) is 0 Å². The molecule has 2 saturated carbocycles. The van der Waals surface area contributed by atoms with Crippen LogP contribution in [0.2, 0.25) is 5.02 Å². The Morgan fingerprint density at radius 1 is 1.13 bits per heavy atom. The molecule has 23 heavy (non-hydrogen) atoms. The molecule has 2 fully saturated rings. The summed E-state index contributed by atoms with van der Waals surface area (Å²) in [6.07, 6.45) is 13.7. The van der Waals surface area contributed by atoms with Gasteiger partial charge in [-0.15, -0.1) is 0 Å². The first-order valence-corrected chi connectivity index (χ1v) is 9.14. The van der Waals surface area contributed by atoms with E-state index in [0.717, 1.165) is 29.4 Å². The number of halogens is 1. The Bertz CT molecular complexity index is 699. The molecule has 0 atom stereocenters. The van der Waals surface area contributed by atoms with Crippen molar-refractivity contribution in [1.82, 2.24) is 19.7 Å². The maximum atomic E-state index is 6.44. The molecule has 0 aliphatic heterocycles. The number of hydrogen-bond acceptors (Lipinski definition) is 3. The predicted molar refractivity (Wildman–Crippen MR) is 91.5 cm³/mol. The summed E-state index contributed by atoms with van der Waals surface area (Å²) in [7, 11) is 2.01. The van der Waals surface area contributed by atoms with Gasteiger partial charge in [-0.05, 0) is 38.0 Å². The van der Waals surface area contributed by atoms with Crippen molar-refractivity contribution in [3.8, 4) is 11.3 Å². The van der Waals surface area contributed by atoms with Gasteiger partial charge < -0.3 is 0 Å². The third-order valence-electron chi connectivity index (χ3n) is 5.23. The molecule has 2 heterocycles. The summed E-state index contributed by atoms with van der Waals surface area (Å²) in [5.41, 5.74) is 3.21. The second kappa shape index (κ2) is 6.23. The molecule has 0 N–H and O–H groups in total. The zero-order valence-corrected chi connectivity index (χ0v) is 14.4. The second-order valence-corrected chi connectivity index (χ2v) is 7.44. The molecule has 4 rings (SSSR count). The van der Waals surface area contributed by atoms with E-state index in [2.05, 4.69) is 10.1 Å². The maximum Gasteiger partial charge on any atom is 0.132 e. The van der Waals surface area contributed by atoms with Gasteiger partial charge in [-0.25, -0.2) is 9.97 Å². The molecule has 0 amide bonds. The van der Waals surface area contributed by atoms with Gasteiger partial charge in [0, 0.05) is 30.4 Å². The lowest BCUT2D eigenvalue weighted by atomic mass is 9.88. The summed E-state index contributed by atoms with van der Waals surface area (Å²) in [5.74, 6) is 2.26. The molecule has 0 bridgehead atoms. The summed E-state index contributed by atoms with van der Waals surface area (Å²) >= 11 is 6.44. The van der Waals surface area contributed by atoms with Crippen LogP contribution in [0.15, 0.2) is 12.4 Å². The van der Waals surface area contributed by atoms with Crippen LogP contribution < -0.4 is 0 Å². The minimum Gasteiger partial charge on any atom is -0.272 e. The fraction of sp³-hybridized carbons (Fsp3) is 0.611. The average molecular weight is 331 g/mol. The molecule has 0 aromatic carbocycles. The first-order chi connectivity index (χ1) is 11.2. The fourth-order valence-electron chi connectivity index (χ4n) is 3.63. The second-order valence-electron chi connectivity index (χ2n) is 7.04. The van der Waals surface area contributed by atoms with Gasteiger partial charge in [0.1, 0.15) is 5.82 Å². The van der Waals surface area contributed by atoms with Crippen LogP contribution in [0.5, 0.6) is 0 Å². The fourth-order valence-corrected chi connectivity index (χ4v) is 3.82. The van der Waals surface area contributed by atoms with Crippen molar-refractivity contribution >= 4 is 11.6 Å². The normalized spacial score (nSPS) is 19.2. The van der Waals surface area contributed by atoms with E-state index >= 15 is 0 Å². The smallest absolute Gasteiger partial charge is 0.132 e. The Morgan fingerprint density at radius 3 is 2.65 bits per heavy atom. The maximum absolute atomic E-state index is 6.44. The quantitative estimate of drug-likeness (QED) is 0.827. The third-order valence-corrected chi connectivity index (χ3v) is 5.51. The monoisotopic (exact) mass is 330 g/mol. The molecule has 0 spiro atoms. The van der Waals surface area contributed by atoms with Crippen molar-refractivity contribution < 1.29 is 0 Å². The van der Waals surface area contributed by atoms with E-state index in [1.807, 2.05) is 17.9 Å². The average Bonchev–Trinajstić information content (AvgIpc) is 3.33. The molecule has 5 heteroatoms. The SMILES string of the molecule is Cn1ncc(-c2nc(C3CCCCC3)ncc2Cl)c1CC1CC1. The zero-order valence-electron chi connectivity index (χ0n) is 13.6. The highest BCUT2D eigenvalue weighted by Gasteiger charge is 2.26. The molecule has 0 unspecified atom stereocenters. The van der Waals surface area contributed by atoms with E-state index in [4.69, 9.17) is 16.6 Å². The Kier molecular flexibility index (Phi) is 4.10. The van der Waals surface area contributed by atoms with Gasteiger partial charge >= 0.3 is 0 Å². The van der Waals surface area contributed by atoms with E-state index in [1.165, 1.54) is 50.6 Å². The lowest BCUT2D eigenvalue weighted by molar-refractivity contribution is 0.429. The van der Waals surface area contributed by atoms with E-state index in [9.17, 15) is 0 Å². The predicted octanol–water partition coefficient (Wildman–Crippen LogP) is 4.53. The standard InChI is InChI=1S/C18H23ClN4/c1-23-16(9-12-7-8-12)14(10-21-23)17-15(19)11-20-18(22-17)13-5-3-2-4-6-13/h10-13H,2-9H2,1H3. The number of hydrogen-bond donors (Lipinski definition) is 0. The number of nitrogens with zero attached hydrogens (tertiary/aromatic N) is 4. The molecule has 2 aromatic heterocycles. The Hall–Kier alpha value is -1.42. The van der Waals surface area contributed by atoms with Crippen LogP contribution in [-0.4, -0.2) is 19.7 Å². The highest BCUT2D eigenvalue weighted by molar-refractivity contribution is 6.32. The molecular weight excluding hydrogens is 308 g/mol. The van der Waals surface area contributed by atoms with Gasteiger partial charge in [0.25, 0.3) is 0 Å². The lowest BCUT2D eigenvalue weighted by Gasteiger charge is -2.20. The molecule has 122 valence electrons. The van der Waals surface area contributed by atoms with Crippen LogP contribution in [0.1, 0.15) is 62.4 Å². The van der Waals surface area contributed by atoms with Crippen molar-refractivity contribution in [2.45, 2.75) is 57.3 Å². The summed E-state index contributed by atoms with van der Waals surface area (Å²) < 4.78 is 1.98. The number of aryl methyl sites for hydroxylation is 1. The summed E-state index contributed by atoms with van der Waals surface area (Å²) in [5, 5.41) is 5.09. The van der Waals surface area contributed by atoms with Gasteiger partial charge in [-0.3, -0.25) is 4.68 Å². The Balaban J connectivity index is 1.70. The van der Waals surface area contributed by atoms with E-state index in [1.54, 1.807) is 6.20 Å². The molecular formula is C18H23ClN4. The Morgan fingerprint density at radius 2 is 1.91 bits per heavy atom. The summed E-state index contributed by atoms with van der Waals surface area (Å²) in [6, 6.07) is 0. The molecule has 2 aliphatic carbocycles. The minimum atomic E-state index is 0.489. The van der Waals surface area contributed by atoms with E-state index in [-0.39, 0.29) is 0 Å². The lowest BCUT2D eigenvalue weighted by Crippen LogP contribution is -2.09. The highest BCUT2D eigenvalue weighted by atomic mass is 35.5. The van der Waals surface area contributed by atoms with Gasteiger partial charge in [0.2, 0.25) is 0 Å². The first-order valence-electron chi connectivity index (χ1n) is 8.76. The number of rotatable bonds is 4. The third kappa shape index (κ3) is 3.14. The van der Waals surface area contributed by atoms with E-state index < -0.39 is 0 Å². The van der Waals surface area contributed by atoms with Crippen molar-refractivity contribution in [3.63, 3.8) is 0 Å². The zero-order chi connectivity index (χ0) is 15.8. The summed E-state index contributed by atoms with van der Waals surface area (Å²) in [6.45, 7) is 0. The van der Waals surface area contributed by atoms with Crippen LogP contribution in [-0.2, 0) is 13.5 Å². The van der Waals surface area contributed by atoms with Gasteiger partial charge in [-0.2, -0.15) is 5.10 Å². The molecule has 2 aromatic rings. The van der Waals surface area contributed by atoms with Crippen LogP contribution in [0, 0.1) is 5.92 Å². The molecule has 0 radical (unpaired) electrons. The van der Waals surface area contributed by atoms with Crippen molar-refractivity contribution in [3.05, 3.63) is 28.9 Å². The molecule has 4 nitrogen and oxygen atoms in total. The van der Waals surface area contributed by atoms with Crippen LogP contribution >= 0.6 is 11.6 Å². The Labute approximate surface area is 142 Å². The van der Waals surface area contributed by atoms with Gasteiger partial charge in [-0.1, -0.05) is 30.9 Å². The van der Waals surface area contributed by atoms with Gasteiger partial charge in [0.15, 0.2) is 0 Å². The van der Waals surface area contributed by atoms with Crippen LogP contribution in [0.3, 0.4) is 0 Å². The first kappa shape index (κ1) is 15.1. The number of aromatic nitrogens is 4. The van der Waals surface area contributed by atoms with Crippen molar-refractivity contribution in [2.24, 2.45) is 13.0 Å². The van der Waals surface area contributed by atoms with Crippen LogP contribution in [0.25, 0.3) is 11.3 Å². The topological polar surface area (TPSA) is 43.6 Å². The van der Waals surface area contributed by atoms with Crippen molar-refractivity contribution in [1.29, 1.82) is 0 Å².